The van der Waals surface area contributed by atoms with Crippen LogP contribution in [0.2, 0.25) is 10.0 Å². The molecule has 0 unspecified atom stereocenters. The number of ketones is 1. The zero-order chi connectivity index (χ0) is 15.6. The normalized spacial score (nSPS) is 11.2. The molecule has 0 atom stereocenters. The van der Waals surface area contributed by atoms with Gasteiger partial charge in [-0.1, -0.05) is 41.4 Å². The molecule has 21 heavy (non-hydrogen) atoms. The number of benzene rings is 2. The van der Waals surface area contributed by atoms with Crippen LogP contribution in [0.3, 0.4) is 0 Å². The van der Waals surface area contributed by atoms with Crippen LogP contribution in [0.4, 0.5) is 0 Å². The molecule has 2 aromatic carbocycles. The zero-order valence-corrected chi connectivity index (χ0v) is 13.2. The SMILES string of the molecule is CC(=O)c1cccc(OS(=O)(=O)c2cccc(Cl)c2Cl)c1. The highest BCUT2D eigenvalue weighted by Crippen LogP contribution is 2.30. The summed E-state index contributed by atoms with van der Waals surface area (Å²) < 4.78 is 29.4. The Morgan fingerprint density at radius 3 is 2.43 bits per heavy atom. The van der Waals surface area contributed by atoms with E-state index < -0.39 is 10.1 Å². The van der Waals surface area contributed by atoms with E-state index in [0.717, 1.165) is 0 Å². The minimum absolute atomic E-state index is 0.0266. The van der Waals surface area contributed by atoms with Crippen molar-refractivity contribution in [3.63, 3.8) is 0 Å². The third-order valence-electron chi connectivity index (χ3n) is 2.63. The van der Waals surface area contributed by atoms with Crippen LogP contribution in [-0.2, 0) is 10.1 Å². The Morgan fingerprint density at radius 1 is 1.10 bits per heavy atom. The van der Waals surface area contributed by atoms with Gasteiger partial charge in [0.2, 0.25) is 0 Å². The Morgan fingerprint density at radius 2 is 1.76 bits per heavy atom. The van der Waals surface area contributed by atoms with Crippen molar-refractivity contribution in [1.29, 1.82) is 0 Å². The van der Waals surface area contributed by atoms with Crippen LogP contribution in [0.25, 0.3) is 0 Å². The molecule has 0 saturated heterocycles. The summed E-state index contributed by atoms with van der Waals surface area (Å²) in [5, 5.41) is 0.000664. The Hall–Kier alpha value is -1.56. The van der Waals surface area contributed by atoms with E-state index in [0.29, 0.717) is 5.56 Å². The van der Waals surface area contributed by atoms with Crippen LogP contribution in [0.15, 0.2) is 47.4 Å². The molecule has 0 N–H and O–H groups in total. The molecule has 0 saturated carbocycles. The fraction of sp³-hybridized carbons (Fsp3) is 0.0714. The molecule has 2 aromatic rings. The summed E-state index contributed by atoms with van der Waals surface area (Å²) in [5.41, 5.74) is 0.347. The van der Waals surface area contributed by atoms with Crippen molar-refractivity contribution < 1.29 is 17.4 Å². The van der Waals surface area contributed by atoms with Gasteiger partial charge in [-0.15, -0.1) is 0 Å². The third kappa shape index (κ3) is 3.56. The molecule has 0 radical (unpaired) electrons. The fourth-order valence-electron chi connectivity index (χ4n) is 1.62. The second kappa shape index (κ2) is 6.05. The van der Waals surface area contributed by atoms with Gasteiger partial charge in [0.05, 0.1) is 10.0 Å². The van der Waals surface area contributed by atoms with E-state index in [1.807, 2.05) is 0 Å². The topological polar surface area (TPSA) is 60.4 Å². The zero-order valence-electron chi connectivity index (χ0n) is 10.8. The number of halogens is 2. The molecule has 7 heteroatoms. The Kier molecular flexibility index (Phi) is 4.56. The number of hydrogen-bond donors (Lipinski definition) is 0. The molecular formula is C14H10Cl2O4S. The van der Waals surface area contributed by atoms with E-state index >= 15 is 0 Å². The summed E-state index contributed by atoms with van der Waals surface area (Å²) in [5.74, 6) is -0.169. The monoisotopic (exact) mass is 344 g/mol. The van der Waals surface area contributed by atoms with Crippen molar-refractivity contribution in [3.05, 3.63) is 58.1 Å². The van der Waals surface area contributed by atoms with Crippen LogP contribution in [0.5, 0.6) is 5.75 Å². The summed E-state index contributed by atoms with van der Waals surface area (Å²) in [6.45, 7) is 1.38. The van der Waals surface area contributed by atoms with Gasteiger partial charge in [-0.25, -0.2) is 0 Å². The van der Waals surface area contributed by atoms with E-state index in [2.05, 4.69) is 0 Å². The van der Waals surface area contributed by atoms with Gasteiger partial charge in [-0.2, -0.15) is 8.42 Å². The van der Waals surface area contributed by atoms with E-state index in [1.54, 1.807) is 6.07 Å². The molecule has 0 spiro atoms. The van der Waals surface area contributed by atoms with Gasteiger partial charge in [0.1, 0.15) is 10.6 Å². The molecular weight excluding hydrogens is 335 g/mol. The van der Waals surface area contributed by atoms with Gasteiger partial charge in [0, 0.05) is 5.56 Å². The van der Waals surface area contributed by atoms with E-state index in [1.165, 1.54) is 43.3 Å². The van der Waals surface area contributed by atoms with Gasteiger partial charge >= 0.3 is 10.1 Å². The number of hydrogen-bond acceptors (Lipinski definition) is 4. The smallest absolute Gasteiger partial charge is 0.340 e. The number of Topliss-reactive ketones (excluding diaryl/α,β-unsaturated/α-hetero) is 1. The van der Waals surface area contributed by atoms with Crippen molar-refractivity contribution in [2.45, 2.75) is 11.8 Å². The summed E-state index contributed by atoms with van der Waals surface area (Å²) in [6.07, 6.45) is 0. The van der Waals surface area contributed by atoms with Crippen molar-refractivity contribution in [1.82, 2.24) is 0 Å². The number of rotatable bonds is 4. The molecule has 0 amide bonds. The molecule has 0 aliphatic heterocycles. The standard InChI is InChI=1S/C14H10Cl2O4S/c1-9(17)10-4-2-5-11(8-10)20-21(18,19)13-7-3-6-12(15)14(13)16/h2-8H,1H3. The lowest BCUT2D eigenvalue weighted by Crippen LogP contribution is -2.10. The van der Waals surface area contributed by atoms with Gasteiger partial charge in [-0.05, 0) is 31.2 Å². The molecule has 2 rings (SSSR count). The van der Waals surface area contributed by atoms with E-state index in [-0.39, 0.29) is 26.5 Å². The van der Waals surface area contributed by atoms with Crippen LogP contribution in [-0.4, -0.2) is 14.2 Å². The minimum atomic E-state index is -4.14. The molecule has 4 nitrogen and oxygen atoms in total. The molecule has 0 bridgehead atoms. The van der Waals surface area contributed by atoms with Crippen molar-refractivity contribution in [3.8, 4) is 5.75 Å². The molecule has 110 valence electrons. The molecule has 0 aliphatic rings. The highest BCUT2D eigenvalue weighted by atomic mass is 35.5. The molecule has 0 fully saturated rings. The maximum atomic E-state index is 12.2. The largest absolute Gasteiger partial charge is 0.379 e. The number of carbonyl (C=O) groups excluding carboxylic acids is 1. The van der Waals surface area contributed by atoms with Crippen molar-refractivity contribution in [2.24, 2.45) is 0 Å². The minimum Gasteiger partial charge on any atom is -0.379 e. The van der Waals surface area contributed by atoms with Crippen LogP contribution >= 0.6 is 23.2 Å². The molecule has 0 aromatic heterocycles. The second-order valence-corrected chi connectivity index (χ2v) is 6.47. The van der Waals surface area contributed by atoms with Gasteiger partial charge in [0.25, 0.3) is 0 Å². The van der Waals surface area contributed by atoms with Crippen LogP contribution in [0, 0.1) is 0 Å². The first-order valence-electron chi connectivity index (χ1n) is 5.81. The van der Waals surface area contributed by atoms with Crippen molar-refractivity contribution >= 4 is 39.1 Å². The predicted molar refractivity (Wildman–Crippen MR) is 80.7 cm³/mol. The Bertz CT molecular complexity index is 800. The lowest BCUT2D eigenvalue weighted by atomic mass is 10.1. The first-order chi connectivity index (χ1) is 9.81. The highest BCUT2D eigenvalue weighted by Gasteiger charge is 2.22. The summed E-state index contributed by atoms with van der Waals surface area (Å²) >= 11 is 11.7. The molecule has 0 heterocycles. The quantitative estimate of drug-likeness (QED) is 0.622. The first kappa shape index (κ1) is 15.8. The second-order valence-electron chi connectivity index (χ2n) is 4.17. The van der Waals surface area contributed by atoms with Crippen LogP contribution in [0.1, 0.15) is 17.3 Å². The third-order valence-corrected chi connectivity index (χ3v) is 4.85. The highest BCUT2D eigenvalue weighted by molar-refractivity contribution is 7.87. The van der Waals surface area contributed by atoms with Gasteiger partial charge < -0.3 is 4.18 Å². The van der Waals surface area contributed by atoms with E-state index in [4.69, 9.17) is 27.4 Å². The Balaban J connectivity index is 2.40. The first-order valence-corrected chi connectivity index (χ1v) is 7.97. The van der Waals surface area contributed by atoms with E-state index in [9.17, 15) is 13.2 Å². The maximum absolute atomic E-state index is 12.2. The summed E-state index contributed by atoms with van der Waals surface area (Å²) in [6, 6.07) is 10.1. The van der Waals surface area contributed by atoms with Gasteiger partial charge in [0.15, 0.2) is 5.78 Å². The summed E-state index contributed by atoms with van der Waals surface area (Å²) in [7, 11) is -4.14. The van der Waals surface area contributed by atoms with Gasteiger partial charge in [-0.3, -0.25) is 4.79 Å². The number of carbonyl (C=O) groups is 1. The lowest BCUT2D eigenvalue weighted by molar-refractivity contribution is 0.101. The molecule has 0 aliphatic carbocycles. The average molecular weight is 345 g/mol. The van der Waals surface area contributed by atoms with Crippen LogP contribution < -0.4 is 4.18 Å². The maximum Gasteiger partial charge on any atom is 0.340 e. The fourth-order valence-corrected chi connectivity index (χ4v) is 3.28. The summed E-state index contributed by atoms with van der Waals surface area (Å²) in [4.78, 5) is 11.1. The predicted octanol–water partition coefficient (Wildman–Crippen LogP) is 3.96. The Labute approximate surface area is 132 Å². The lowest BCUT2D eigenvalue weighted by Gasteiger charge is -2.09. The van der Waals surface area contributed by atoms with Crippen molar-refractivity contribution in [2.75, 3.05) is 0 Å². The average Bonchev–Trinajstić information content (AvgIpc) is 2.41.